The van der Waals surface area contributed by atoms with Crippen molar-refractivity contribution in [3.63, 3.8) is 0 Å². The van der Waals surface area contributed by atoms with Crippen molar-refractivity contribution in [3.05, 3.63) is 101 Å². The lowest BCUT2D eigenvalue weighted by Crippen LogP contribution is -2.03. The largest absolute Gasteiger partial charge is 0.432 e. The van der Waals surface area contributed by atoms with Crippen molar-refractivity contribution in [2.24, 2.45) is 0 Å². The third-order valence-electron chi connectivity index (χ3n) is 6.79. The van der Waals surface area contributed by atoms with E-state index in [2.05, 4.69) is 42.8 Å². The first-order valence-corrected chi connectivity index (χ1v) is 12.4. The van der Waals surface area contributed by atoms with Crippen LogP contribution >= 0.6 is 0 Å². The van der Waals surface area contributed by atoms with Gasteiger partial charge in [-0.1, -0.05) is 80.9 Å². The quantitative estimate of drug-likeness (QED) is 0.200. The molecule has 0 aliphatic rings. The highest BCUT2D eigenvalue weighted by molar-refractivity contribution is 5.88. The number of fused-ring (bicyclic) bond motifs is 1. The summed E-state index contributed by atoms with van der Waals surface area (Å²) in [5, 5.41) is 1.19. The minimum atomic E-state index is -3.13. The number of ether oxygens (including phenoxy) is 1. The highest BCUT2D eigenvalue weighted by Crippen LogP contribution is 2.33. The molecule has 0 bridgehead atoms. The lowest BCUT2D eigenvalue weighted by atomic mass is 9.86. The van der Waals surface area contributed by atoms with E-state index in [-0.39, 0.29) is 11.1 Å². The highest BCUT2D eigenvalue weighted by atomic mass is 19.3. The van der Waals surface area contributed by atoms with Crippen molar-refractivity contribution in [2.45, 2.75) is 58.5 Å². The molecule has 5 heteroatoms. The Kier molecular flexibility index (Phi) is 8.29. The standard InChI is InChI=1S/C31H30F4O/c1-3-7-21(4-2)25-9-6-5-8-22(25)12-10-20-11-15-26-23(18-20)13-16-27(30(26)33)24-14-17-29(28(32)19-24)36-31(34)35/h5-6,8-9,11,13-19,21,31H,3-4,7,10,12H2,1-2H3. The number of hydrogen-bond acceptors (Lipinski definition) is 1. The minimum Gasteiger partial charge on any atom is -0.432 e. The number of aryl methyl sites for hydroxylation is 2. The number of alkyl halides is 2. The average Bonchev–Trinajstić information content (AvgIpc) is 2.87. The smallest absolute Gasteiger partial charge is 0.387 e. The number of benzene rings is 4. The molecule has 0 amide bonds. The van der Waals surface area contributed by atoms with Gasteiger partial charge in [0.2, 0.25) is 0 Å². The Morgan fingerprint density at radius 1 is 0.833 bits per heavy atom. The molecule has 36 heavy (non-hydrogen) atoms. The molecule has 0 aliphatic carbocycles. The summed E-state index contributed by atoms with van der Waals surface area (Å²) in [5.41, 5.74) is 4.36. The SMILES string of the molecule is CCCC(CC)c1ccccc1CCc1ccc2c(F)c(-c3ccc(OC(F)F)c(F)c3)ccc2c1. The van der Waals surface area contributed by atoms with E-state index in [1.165, 1.54) is 23.6 Å². The summed E-state index contributed by atoms with van der Waals surface area (Å²) in [7, 11) is 0. The zero-order valence-corrected chi connectivity index (χ0v) is 20.5. The van der Waals surface area contributed by atoms with Gasteiger partial charge in [-0.05, 0) is 71.4 Å². The summed E-state index contributed by atoms with van der Waals surface area (Å²) in [6.45, 7) is 1.33. The Bertz CT molecular complexity index is 1330. The average molecular weight is 495 g/mol. The molecular weight excluding hydrogens is 464 g/mol. The molecule has 0 N–H and O–H groups in total. The lowest BCUT2D eigenvalue weighted by Gasteiger charge is -2.19. The van der Waals surface area contributed by atoms with E-state index in [1.807, 2.05) is 12.1 Å². The minimum absolute atomic E-state index is 0.202. The van der Waals surface area contributed by atoms with E-state index in [4.69, 9.17) is 0 Å². The second-order valence-electron chi connectivity index (χ2n) is 9.10. The van der Waals surface area contributed by atoms with Crippen molar-refractivity contribution >= 4 is 10.8 Å². The zero-order chi connectivity index (χ0) is 25.7. The van der Waals surface area contributed by atoms with Gasteiger partial charge in [0.1, 0.15) is 5.82 Å². The van der Waals surface area contributed by atoms with Gasteiger partial charge in [-0.2, -0.15) is 8.78 Å². The first-order valence-electron chi connectivity index (χ1n) is 12.4. The van der Waals surface area contributed by atoms with Crippen LogP contribution in [0.2, 0.25) is 0 Å². The zero-order valence-electron chi connectivity index (χ0n) is 20.5. The van der Waals surface area contributed by atoms with Crippen molar-refractivity contribution in [3.8, 4) is 16.9 Å². The Morgan fingerprint density at radius 2 is 1.64 bits per heavy atom. The molecule has 1 unspecified atom stereocenters. The third kappa shape index (κ3) is 5.72. The molecule has 4 aromatic carbocycles. The molecular formula is C31H30F4O. The van der Waals surface area contributed by atoms with Gasteiger partial charge in [0.05, 0.1) is 0 Å². The van der Waals surface area contributed by atoms with Crippen LogP contribution in [0.15, 0.2) is 72.8 Å². The van der Waals surface area contributed by atoms with E-state index < -0.39 is 24.0 Å². The lowest BCUT2D eigenvalue weighted by molar-refractivity contribution is -0.0521. The molecule has 0 fully saturated rings. The normalized spacial score (nSPS) is 12.3. The highest BCUT2D eigenvalue weighted by Gasteiger charge is 2.16. The Labute approximate surface area is 209 Å². The van der Waals surface area contributed by atoms with Crippen LogP contribution in [0.3, 0.4) is 0 Å². The number of hydrogen-bond donors (Lipinski definition) is 0. The van der Waals surface area contributed by atoms with Gasteiger partial charge >= 0.3 is 6.61 Å². The molecule has 4 rings (SSSR count). The van der Waals surface area contributed by atoms with Gasteiger partial charge < -0.3 is 4.74 Å². The van der Waals surface area contributed by atoms with Crippen molar-refractivity contribution < 1.29 is 22.3 Å². The van der Waals surface area contributed by atoms with Gasteiger partial charge in [-0.25, -0.2) is 8.78 Å². The molecule has 0 heterocycles. The molecule has 0 aliphatic heterocycles. The number of rotatable bonds is 10. The molecule has 0 aromatic heterocycles. The predicted molar refractivity (Wildman–Crippen MR) is 138 cm³/mol. The van der Waals surface area contributed by atoms with Crippen LogP contribution in [-0.4, -0.2) is 6.61 Å². The van der Waals surface area contributed by atoms with Crippen LogP contribution in [0.5, 0.6) is 5.75 Å². The van der Waals surface area contributed by atoms with Crippen LogP contribution in [-0.2, 0) is 12.8 Å². The van der Waals surface area contributed by atoms with Crippen molar-refractivity contribution in [1.82, 2.24) is 0 Å². The summed E-state index contributed by atoms with van der Waals surface area (Å²) in [6, 6.07) is 21.2. The van der Waals surface area contributed by atoms with Crippen LogP contribution < -0.4 is 4.74 Å². The molecule has 0 spiro atoms. The van der Waals surface area contributed by atoms with Crippen molar-refractivity contribution in [1.29, 1.82) is 0 Å². The molecule has 1 atom stereocenters. The maximum absolute atomic E-state index is 15.4. The summed E-state index contributed by atoms with van der Waals surface area (Å²) >= 11 is 0. The molecule has 0 saturated carbocycles. The van der Waals surface area contributed by atoms with Gasteiger partial charge in [-0.15, -0.1) is 0 Å². The first-order chi connectivity index (χ1) is 17.4. The van der Waals surface area contributed by atoms with E-state index >= 15 is 4.39 Å². The van der Waals surface area contributed by atoms with Crippen molar-refractivity contribution in [2.75, 3.05) is 0 Å². The van der Waals surface area contributed by atoms with Crippen LogP contribution in [0.25, 0.3) is 21.9 Å². The van der Waals surface area contributed by atoms with Gasteiger partial charge in [0.15, 0.2) is 11.6 Å². The summed E-state index contributed by atoms with van der Waals surface area (Å²) in [4.78, 5) is 0. The first kappa shape index (κ1) is 25.7. The van der Waals surface area contributed by atoms with Gasteiger partial charge in [0, 0.05) is 10.9 Å². The van der Waals surface area contributed by atoms with Crippen LogP contribution in [0.4, 0.5) is 17.6 Å². The molecule has 4 aromatic rings. The molecule has 0 radical (unpaired) electrons. The second kappa shape index (κ2) is 11.6. The molecule has 1 nitrogen and oxygen atoms in total. The maximum Gasteiger partial charge on any atom is 0.387 e. The van der Waals surface area contributed by atoms with Gasteiger partial charge in [-0.3, -0.25) is 0 Å². The topological polar surface area (TPSA) is 9.23 Å². The summed E-state index contributed by atoms with van der Waals surface area (Å²) in [6.07, 6.45) is 5.21. The van der Waals surface area contributed by atoms with E-state index in [0.29, 0.717) is 11.3 Å². The third-order valence-corrected chi connectivity index (χ3v) is 6.79. The van der Waals surface area contributed by atoms with Crippen LogP contribution in [0, 0.1) is 11.6 Å². The predicted octanol–water partition coefficient (Wildman–Crippen LogP) is 9.47. The van der Waals surface area contributed by atoms with Crippen LogP contribution in [0.1, 0.15) is 55.7 Å². The monoisotopic (exact) mass is 494 g/mol. The van der Waals surface area contributed by atoms with E-state index in [9.17, 15) is 13.2 Å². The number of halogens is 4. The Morgan fingerprint density at radius 3 is 2.36 bits per heavy atom. The molecule has 0 saturated heterocycles. The van der Waals surface area contributed by atoms with E-state index in [1.54, 1.807) is 18.2 Å². The fourth-order valence-electron chi connectivity index (χ4n) is 4.95. The summed E-state index contributed by atoms with van der Waals surface area (Å²) in [5.74, 6) is -1.44. The molecule has 188 valence electrons. The fourth-order valence-corrected chi connectivity index (χ4v) is 4.95. The fraction of sp³-hybridized carbons (Fsp3) is 0.290. The Balaban J connectivity index is 1.56. The summed E-state index contributed by atoms with van der Waals surface area (Å²) < 4.78 is 58.5. The van der Waals surface area contributed by atoms with E-state index in [0.717, 1.165) is 48.8 Å². The van der Waals surface area contributed by atoms with Gasteiger partial charge in [0.25, 0.3) is 0 Å². The second-order valence-corrected chi connectivity index (χ2v) is 9.10. The maximum atomic E-state index is 15.4. The Hall–Kier alpha value is -3.34.